The SMILES string of the molecule is C[C@]12CCC(O)CC1=CCC1C2CC[C@@]2(C)C1CCC21OCCO1. The van der Waals surface area contributed by atoms with Gasteiger partial charge in [-0.15, -0.1) is 0 Å². The van der Waals surface area contributed by atoms with Gasteiger partial charge in [-0.05, 0) is 68.1 Å². The number of ether oxygens (including phenoxy) is 2. The molecule has 0 aromatic carbocycles. The van der Waals surface area contributed by atoms with Crippen molar-refractivity contribution in [1.29, 1.82) is 0 Å². The van der Waals surface area contributed by atoms with Crippen molar-refractivity contribution in [2.75, 3.05) is 13.2 Å². The van der Waals surface area contributed by atoms with Gasteiger partial charge in [0.25, 0.3) is 0 Å². The lowest BCUT2D eigenvalue weighted by Gasteiger charge is -2.58. The molecule has 4 aliphatic carbocycles. The van der Waals surface area contributed by atoms with Gasteiger partial charge in [-0.25, -0.2) is 0 Å². The van der Waals surface area contributed by atoms with Crippen molar-refractivity contribution in [2.24, 2.45) is 28.6 Å². The second kappa shape index (κ2) is 5.08. The molecule has 4 unspecified atom stereocenters. The molecule has 1 heterocycles. The topological polar surface area (TPSA) is 38.7 Å². The number of aliphatic hydroxyl groups is 1. The maximum Gasteiger partial charge on any atom is 0.174 e. The molecule has 0 radical (unpaired) electrons. The smallest absolute Gasteiger partial charge is 0.174 e. The monoisotopic (exact) mass is 332 g/mol. The predicted octanol–water partition coefficient (Wildman–Crippen LogP) is 4.05. The van der Waals surface area contributed by atoms with Gasteiger partial charge < -0.3 is 14.6 Å². The van der Waals surface area contributed by atoms with Crippen LogP contribution in [0.5, 0.6) is 0 Å². The average Bonchev–Trinajstić information content (AvgIpc) is 3.15. The van der Waals surface area contributed by atoms with Gasteiger partial charge in [-0.3, -0.25) is 0 Å². The van der Waals surface area contributed by atoms with Crippen molar-refractivity contribution in [2.45, 2.75) is 77.1 Å². The molecule has 0 aromatic heterocycles. The Labute approximate surface area is 145 Å². The Bertz CT molecular complexity index is 563. The Morgan fingerprint density at radius 1 is 1.00 bits per heavy atom. The molecule has 4 fully saturated rings. The molecule has 5 aliphatic rings. The normalized spacial score (nSPS) is 52.5. The zero-order valence-corrected chi connectivity index (χ0v) is 15.2. The van der Waals surface area contributed by atoms with Crippen molar-refractivity contribution in [3.63, 3.8) is 0 Å². The zero-order valence-electron chi connectivity index (χ0n) is 15.2. The first-order valence-corrected chi connectivity index (χ1v) is 10.1. The van der Waals surface area contributed by atoms with E-state index in [1.165, 1.54) is 32.1 Å². The molecule has 1 saturated heterocycles. The van der Waals surface area contributed by atoms with Crippen LogP contribution in [0, 0.1) is 28.6 Å². The lowest BCUT2D eigenvalue weighted by atomic mass is 9.47. The number of hydrogen-bond acceptors (Lipinski definition) is 3. The summed E-state index contributed by atoms with van der Waals surface area (Å²) in [6.07, 6.45) is 11.6. The van der Waals surface area contributed by atoms with Crippen LogP contribution in [0.25, 0.3) is 0 Å². The molecule has 1 aliphatic heterocycles. The van der Waals surface area contributed by atoms with Gasteiger partial charge >= 0.3 is 0 Å². The summed E-state index contributed by atoms with van der Waals surface area (Å²) in [4.78, 5) is 0. The van der Waals surface area contributed by atoms with Crippen LogP contribution in [0.4, 0.5) is 0 Å². The van der Waals surface area contributed by atoms with E-state index in [2.05, 4.69) is 19.9 Å². The summed E-state index contributed by atoms with van der Waals surface area (Å²) in [6.45, 7) is 6.50. The van der Waals surface area contributed by atoms with Gasteiger partial charge in [-0.1, -0.05) is 25.5 Å². The van der Waals surface area contributed by atoms with E-state index in [-0.39, 0.29) is 17.3 Å². The van der Waals surface area contributed by atoms with E-state index in [4.69, 9.17) is 9.47 Å². The van der Waals surface area contributed by atoms with Gasteiger partial charge in [-0.2, -0.15) is 0 Å². The van der Waals surface area contributed by atoms with E-state index < -0.39 is 0 Å². The van der Waals surface area contributed by atoms with E-state index in [1.807, 2.05) is 0 Å². The van der Waals surface area contributed by atoms with Gasteiger partial charge in [0, 0.05) is 11.8 Å². The highest BCUT2D eigenvalue weighted by molar-refractivity contribution is 5.26. The largest absolute Gasteiger partial charge is 0.393 e. The van der Waals surface area contributed by atoms with Crippen LogP contribution in [0.1, 0.15) is 65.2 Å². The standard InChI is InChI=1S/C21H32O3/c1-19-8-5-15(22)13-14(19)3-4-16-17(19)6-9-20(2)18(16)7-10-21(20)23-11-12-24-21/h3,15-18,22H,4-13H2,1-2H3/t15?,16?,17?,18?,19-,20-/m0/s1. The Morgan fingerprint density at radius 3 is 2.54 bits per heavy atom. The third-order valence-corrected chi connectivity index (χ3v) is 8.88. The molecule has 6 atom stereocenters. The minimum absolute atomic E-state index is 0.107. The maximum absolute atomic E-state index is 10.1. The molecule has 24 heavy (non-hydrogen) atoms. The first-order chi connectivity index (χ1) is 11.5. The van der Waals surface area contributed by atoms with Crippen LogP contribution in [0.3, 0.4) is 0 Å². The average molecular weight is 332 g/mol. The molecule has 3 saturated carbocycles. The molecule has 1 spiro atoms. The highest BCUT2D eigenvalue weighted by Crippen LogP contribution is 2.68. The summed E-state index contributed by atoms with van der Waals surface area (Å²) in [5, 5.41) is 10.1. The summed E-state index contributed by atoms with van der Waals surface area (Å²) in [7, 11) is 0. The third-order valence-electron chi connectivity index (χ3n) is 8.88. The number of aliphatic hydroxyl groups excluding tert-OH is 1. The van der Waals surface area contributed by atoms with Crippen molar-refractivity contribution < 1.29 is 14.6 Å². The van der Waals surface area contributed by atoms with Crippen molar-refractivity contribution in [3.8, 4) is 0 Å². The van der Waals surface area contributed by atoms with Crippen LogP contribution < -0.4 is 0 Å². The fourth-order valence-corrected chi connectivity index (χ4v) is 7.53. The minimum Gasteiger partial charge on any atom is -0.393 e. The molecule has 0 bridgehead atoms. The van der Waals surface area contributed by atoms with Gasteiger partial charge in [0.05, 0.1) is 19.3 Å². The van der Waals surface area contributed by atoms with Crippen molar-refractivity contribution >= 4 is 0 Å². The molecule has 134 valence electrons. The van der Waals surface area contributed by atoms with Crippen molar-refractivity contribution in [1.82, 2.24) is 0 Å². The number of rotatable bonds is 0. The highest BCUT2D eigenvalue weighted by atomic mass is 16.7. The molecule has 0 amide bonds. The first kappa shape index (κ1) is 15.8. The Kier molecular flexibility index (Phi) is 3.35. The van der Waals surface area contributed by atoms with Gasteiger partial charge in [0.15, 0.2) is 5.79 Å². The number of fused-ring (bicyclic) bond motifs is 6. The van der Waals surface area contributed by atoms with Crippen molar-refractivity contribution in [3.05, 3.63) is 11.6 Å². The molecule has 3 heteroatoms. The maximum atomic E-state index is 10.1. The highest BCUT2D eigenvalue weighted by Gasteiger charge is 2.66. The third kappa shape index (κ3) is 1.84. The lowest BCUT2D eigenvalue weighted by molar-refractivity contribution is -0.242. The van der Waals surface area contributed by atoms with Crippen LogP contribution in [0.2, 0.25) is 0 Å². The molecule has 0 aromatic rings. The molecular formula is C21H32O3. The van der Waals surface area contributed by atoms with E-state index in [9.17, 15) is 5.11 Å². The van der Waals surface area contributed by atoms with E-state index in [0.29, 0.717) is 5.41 Å². The first-order valence-electron chi connectivity index (χ1n) is 10.1. The fourth-order valence-electron chi connectivity index (χ4n) is 7.53. The fraction of sp³-hybridized carbons (Fsp3) is 0.905. The zero-order chi connectivity index (χ0) is 16.6. The molecular weight excluding hydrogens is 300 g/mol. The van der Waals surface area contributed by atoms with Crippen LogP contribution in [0.15, 0.2) is 11.6 Å². The molecule has 1 N–H and O–H groups in total. The minimum atomic E-state index is -0.281. The summed E-state index contributed by atoms with van der Waals surface area (Å²) in [5.41, 5.74) is 2.09. The van der Waals surface area contributed by atoms with E-state index in [0.717, 1.165) is 50.2 Å². The second-order valence-corrected chi connectivity index (χ2v) is 9.60. The number of allylic oxidation sites excluding steroid dienone is 1. The summed E-state index contributed by atoms with van der Waals surface area (Å²) >= 11 is 0. The Morgan fingerprint density at radius 2 is 1.75 bits per heavy atom. The van der Waals surface area contributed by atoms with Crippen LogP contribution >= 0.6 is 0 Å². The van der Waals surface area contributed by atoms with E-state index >= 15 is 0 Å². The van der Waals surface area contributed by atoms with Gasteiger partial charge in [0.2, 0.25) is 0 Å². The van der Waals surface area contributed by atoms with Gasteiger partial charge in [0.1, 0.15) is 0 Å². The number of hydrogen-bond donors (Lipinski definition) is 1. The Balaban J connectivity index is 1.49. The molecule has 3 nitrogen and oxygen atoms in total. The quantitative estimate of drug-likeness (QED) is 0.680. The van der Waals surface area contributed by atoms with Crippen LogP contribution in [-0.4, -0.2) is 30.2 Å². The lowest BCUT2D eigenvalue weighted by Crippen LogP contribution is -2.55. The second-order valence-electron chi connectivity index (χ2n) is 9.60. The summed E-state index contributed by atoms with van der Waals surface area (Å²) in [6, 6.07) is 0. The van der Waals surface area contributed by atoms with E-state index in [1.54, 1.807) is 5.57 Å². The van der Waals surface area contributed by atoms with Crippen LogP contribution in [-0.2, 0) is 9.47 Å². The summed E-state index contributed by atoms with van der Waals surface area (Å²) in [5.74, 6) is 2.02. The Hall–Kier alpha value is -0.380. The molecule has 5 rings (SSSR count). The predicted molar refractivity (Wildman–Crippen MR) is 92.3 cm³/mol. The summed E-state index contributed by atoms with van der Waals surface area (Å²) < 4.78 is 12.5.